The van der Waals surface area contributed by atoms with Crippen molar-refractivity contribution in [1.29, 1.82) is 0 Å². The molecule has 0 aromatic heterocycles. The Morgan fingerprint density at radius 2 is 2.00 bits per heavy atom. The van der Waals surface area contributed by atoms with Gasteiger partial charge >= 0.3 is 0 Å². The van der Waals surface area contributed by atoms with Gasteiger partial charge < -0.3 is 20.3 Å². The number of rotatable bonds is 7. The molecule has 6 nitrogen and oxygen atoms in total. The Hall–Kier alpha value is -1.14. The molecule has 0 aromatic carbocycles. The Labute approximate surface area is 121 Å². The van der Waals surface area contributed by atoms with E-state index in [0.29, 0.717) is 6.54 Å². The third-order valence-electron chi connectivity index (χ3n) is 3.25. The van der Waals surface area contributed by atoms with Crippen molar-refractivity contribution >= 4 is 11.8 Å². The van der Waals surface area contributed by atoms with E-state index >= 15 is 0 Å². The first-order valence-electron chi connectivity index (χ1n) is 7.42. The first-order chi connectivity index (χ1) is 9.52. The second-order valence-electron chi connectivity index (χ2n) is 5.39. The van der Waals surface area contributed by atoms with E-state index in [4.69, 9.17) is 4.74 Å². The second-order valence-corrected chi connectivity index (χ2v) is 5.39. The maximum absolute atomic E-state index is 12.0. The van der Waals surface area contributed by atoms with Crippen LogP contribution in [0.15, 0.2) is 0 Å². The highest BCUT2D eigenvalue weighted by Crippen LogP contribution is 2.07. The summed E-state index contributed by atoms with van der Waals surface area (Å²) in [6.45, 7) is 8.22. The van der Waals surface area contributed by atoms with Crippen LogP contribution >= 0.6 is 0 Å². The van der Waals surface area contributed by atoms with E-state index in [1.54, 1.807) is 0 Å². The summed E-state index contributed by atoms with van der Waals surface area (Å²) in [4.78, 5) is 25.2. The molecular weight excluding hydrogens is 258 g/mol. The average Bonchev–Trinajstić information content (AvgIpc) is 2.42. The van der Waals surface area contributed by atoms with Crippen molar-refractivity contribution in [3.63, 3.8) is 0 Å². The zero-order valence-electron chi connectivity index (χ0n) is 12.8. The largest absolute Gasteiger partial charge is 0.368 e. The third-order valence-corrected chi connectivity index (χ3v) is 3.25. The fraction of sp³-hybridized carbons (Fsp3) is 0.857. The van der Waals surface area contributed by atoms with E-state index in [-0.39, 0.29) is 37.1 Å². The molecule has 1 heterocycles. The Morgan fingerprint density at radius 1 is 1.35 bits per heavy atom. The molecule has 1 aliphatic heterocycles. The molecule has 6 heteroatoms. The summed E-state index contributed by atoms with van der Waals surface area (Å²) in [6, 6.07) is 0.0855. The number of carbonyl (C=O) groups is 2. The SMILES string of the molecule is CCN(CC(=O)NC(C)C)C(=O)COC1CCNCC1. The van der Waals surface area contributed by atoms with Crippen LogP contribution in [0, 0.1) is 0 Å². The van der Waals surface area contributed by atoms with Crippen LogP contribution in [-0.2, 0) is 14.3 Å². The van der Waals surface area contributed by atoms with Crippen molar-refractivity contribution in [1.82, 2.24) is 15.5 Å². The van der Waals surface area contributed by atoms with Gasteiger partial charge in [0.15, 0.2) is 0 Å². The number of carbonyl (C=O) groups excluding carboxylic acids is 2. The monoisotopic (exact) mass is 285 g/mol. The molecule has 0 bridgehead atoms. The maximum atomic E-state index is 12.0. The number of nitrogens with one attached hydrogen (secondary N) is 2. The van der Waals surface area contributed by atoms with Crippen LogP contribution < -0.4 is 10.6 Å². The molecule has 2 amide bonds. The van der Waals surface area contributed by atoms with Crippen LogP contribution in [0.1, 0.15) is 33.6 Å². The quantitative estimate of drug-likeness (QED) is 0.697. The lowest BCUT2D eigenvalue weighted by atomic mass is 10.1. The zero-order chi connectivity index (χ0) is 15.0. The lowest BCUT2D eigenvalue weighted by Gasteiger charge is -2.25. The van der Waals surface area contributed by atoms with Gasteiger partial charge in [-0.2, -0.15) is 0 Å². The van der Waals surface area contributed by atoms with Crippen molar-refractivity contribution in [2.75, 3.05) is 32.8 Å². The van der Waals surface area contributed by atoms with Gasteiger partial charge in [0.1, 0.15) is 6.61 Å². The number of amides is 2. The van der Waals surface area contributed by atoms with Crippen LogP contribution in [0.3, 0.4) is 0 Å². The summed E-state index contributed by atoms with van der Waals surface area (Å²) in [7, 11) is 0. The lowest BCUT2D eigenvalue weighted by Crippen LogP contribution is -2.44. The van der Waals surface area contributed by atoms with Crippen LogP contribution in [-0.4, -0.2) is 61.6 Å². The molecule has 0 unspecified atom stereocenters. The predicted molar refractivity (Wildman–Crippen MR) is 77.4 cm³/mol. The van der Waals surface area contributed by atoms with Gasteiger partial charge in [0.05, 0.1) is 12.6 Å². The smallest absolute Gasteiger partial charge is 0.249 e. The number of nitrogens with zero attached hydrogens (tertiary/aromatic N) is 1. The molecule has 0 radical (unpaired) electrons. The molecule has 20 heavy (non-hydrogen) atoms. The molecule has 0 aliphatic carbocycles. The van der Waals surface area contributed by atoms with Gasteiger partial charge in [-0.15, -0.1) is 0 Å². The summed E-state index contributed by atoms with van der Waals surface area (Å²) in [5, 5.41) is 6.04. The number of hydrogen-bond donors (Lipinski definition) is 2. The molecule has 1 rings (SSSR count). The Kier molecular flexibility index (Phi) is 7.54. The first kappa shape index (κ1) is 16.9. The number of piperidine rings is 1. The van der Waals surface area contributed by atoms with Crippen molar-refractivity contribution in [3.05, 3.63) is 0 Å². The summed E-state index contributed by atoms with van der Waals surface area (Å²) < 4.78 is 5.63. The molecule has 1 fully saturated rings. The number of likely N-dealkylation sites (N-methyl/N-ethyl adjacent to an activating group) is 1. The van der Waals surface area contributed by atoms with Gasteiger partial charge in [-0.25, -0.2) is 0 Å². The number of ether oxygens (including phenoxy) is 1. The lowest BCUT2D eigenvalue weighted by molar-refractivity contribution is -0.141. The maximum Gasteiger partial charge on any atom is 0.249 e. The number of hydrogen-bond acceptors (Lipinski definition) is 4. The van der Waals surface area contributed by atoms with E-state index < -0.39 is 0 Å². The summed E-state index contributed by atoms with van der Waals surface area (Å²) in [5.41, 5.74) is 0. The van der Waals surface area contributed by atoms with Crippen molar-refractivity contribution in [2.45, 2.75) is 45.8 Å². The molecule has 1 saturated heterocycles. The fourth-order valence-electron chi connectivity index (χ4n) is 2.16. The fourth-order valence-corrected chi connectivity index (χ4v) is 2.16. The van der Waals surface area contributed by atoms with E-state index in [1.807, 2.05) is 20.8 Å². The van der Waals surface area contributed by atoms with Crippen molar-refractivity contribution < 1.29 is 14.3 Å². The molecular formula is C14H27N3O3. The van der Waals surface area contributed by atoms with Gasteiger partial charge in [-0.3, -0.25) is 9.59 Å². The molecule has 0 atom stereocenters. The topological polar surface area (TPSA) is 70.7 Å². The van der Waals surface area contributed by atoms with Crippen LogP contribution in [0.5, 0.6) is 0 Å². The standard InChI is InChI=1S/C14H27N3O3/c1-4-17(9-13(18)16-11(2)3)14(19)10-20-12-5-7-15-8-6-12/h11-12,15H,4-10H2,1-3H3,(H,16,18). The van der Waals surface area contributed by atoms with Gasteiger partial charge in [0.25, 0.3) is 0 Å². The minimum atomic E-state index is -0.128. The molecule has 116 valence electrons. The first-order valence-corrected chi connectivity index (χ1v) is 7.42. The Bertz CT molecular complexity index is 315. The van der Waals surface area contributed by atoms with E-state index in [1.165, 1.54) is 4.90 Å². The predicted octanol–water partition coefficient (Wildman–Crippen LogP) is 0.128. The van der Waals surface area contributed by atoms with Crippen LogP contribution in [0.2, 0.25) is 0 Å². The van der Waals surface area contributed by atoms with E-state index in [2.05, 4.69) is 10.6 Å². The highest BCUT2D eigenvalue weighted by Gasteiger charge is 2.19. The molecule has 1 aliphatic rings. The van der Waals surface area contributed by atoms with Gasteiger partial charge in [-0.05, 0) is 46.7 Å². The highest BCUT2D eigenvalue weighted by atomic mass is 16.5. The third kappa shape index (κ3) is 6.34. The zero-order valence-corrected chi connectivity index (χ0v) is 12.8. The van der Waals surface area contributed by atoms with E-state index in [9.17, 15) is 9.59 Å². The normalized spacial score (nSPS) is 16.2. The molecule has 0 spiro atoms. The van der Waals surface area contributed by atoms with Crippen molar-refractivity contribution in [3.8, 4) is 0 Å². The van der Waals surface area contributed by atoms with Gasteiger partial charge in [0, 0.05) is 12.6 Å². The molecule has 0 aromatic rings. The van der Waals surface area contributed by atoms with Crippen LogP contribution in [0.25, 0.3) is 0 Å². The van der Waals surface area contributed by atoms with Crippen molar-refractivity contribution in [2.24, 2.45) is 0 Å². The minimum Gasteiger partial charge on any atom is -0.368 e. The Morgan fingerprint density at radius 3 is 2.55 bits per heavy atom. The van der Waals surface area contributed by atoms with Gasteiger partial charge in [0.2, 0.25) is 11.8 Å². The average molecular weight is 285 g/mol. The summed E-state index contributed by atoms with van der Waals surface area (Å²) >= 11 is 0. The minimum absolute atomic E-state index is 0.0630. The van der Waals surface area contributed by atoms with Gasteiger partial charge in [-0.1, -0.05) is 0 Å². The summed E-state index contributed by atoms with van der Waals surface area (Å²) in [6.07, 6.45) is 2.03. The van der Waals surface area contributed by atoms with Crippen LogP contribution in [0.4, 0.5) is 0 Å². The second kappa shape index (κ2) is 8.92. The van der Waals surface area contributed by atoms with E-state index in [0.717, 1.165) is 25.9 Å². The highest BCUT2D eigenvalue weighted by molar-refractivity contribution is 5.85. The molecule has 0 saturated carbocycles. The molecule has 2 N–H and O–H groups in total. The Balaban J connectivity index is 2.32. The summed E-state index contributed by atoms with van der Waals surface area (Å²) in [5.74, 6) is -0.248.